The van der Waals surface area contributed by atoms with E-state index >= 15 is 0 Å². The van der Waals surface area contributed by atoms with Crippen molar-refractivity contribution in [2.24, 2.45) is 0 Å². The van der Waals surface area contributed by atoms with Crippen molar-refractivity contribution in [3.63, 3.8) is 0 Å². The van der Waals surface area contributed by atoms with E-state index in [1.54, 1.807) is 6.92 Å². The van der Waals surface area contributed by atoms with Gasteiger partial charge in [0, 0.05) is 6.92 Å². The van der Waals surface area contributed by atoms with Gasteiger partial charge in [-0.15, -0.1) is 0 Å². The molecule has 2 rings (SSSR count). The van der Waals surface area contributed by atoms with Gasteiger partial charge in [-0.25, -0.2) is 0 Å². The summed E-state index contributed by atoms with van der Waals surface area (Å²) < 4.78 is 4.86. The molecule has 0 bridgehead atoms. The lowest BCUT2D eigenvalue weighted by Gasteiger charge is -1.93. The Balaban J connectivity index is 2.14. The lowest BCUT2D eigenvalue weighted by Crippen LogP contribution is -1.76. The molecule has 0 saturated carbocycles. The molecule has 3 heteroatoms. The van der Waals surface area contributed by atoms with Gasteiger partial charge in [-0.1, -0.05) is 41.1 Å². The van der Waals surface area contributed by atoms with Crippen LogP contribution in [0.15, 0.2) is 28.8 Å². The largest absolute Gasteiger partial charge is 0.339 e. The first-order valence-electron chi connectivity index (χ1n) is 4.79. The fraction of sp³-hybridized carbons (Fsp3) is 0.167. The average molecular weight is 200 g/mol. The number of hydrogen-bond acceptors (Lipinski definition) is 3. The summed E-state index contributed by atoms with van der Waals surface area (Å²) in [5.41, 5.74) is 2.38. The molecule has 1 aromatic heterocycles. The van der Waals surface area contributed by atoms with E-state index in [0.717, 1.165) is 5.56 Å². The van der Waals surface area contributed by atoms with E-state index in [9.17, 15) is 0 Å². The Morgan fingerprint density at radius 2 is 1.80 bits per heavy atom. The van der Waals surface area contributed by atoms with Gasteiger partial charge in [0.15, 0.2) is 5.82 Å². The maximum Gasteiger partial charge on any atom is 0.223 e. The maximum atomic E-state index is 4.86. The Morgan fingerprint density at radius 1 is 1.07 bits per heavy atom. The quantitative estimate of drug-likeness (QED) is 0.748. The Kier molecular flexibility index (Phi) is 2.63. The highest BCUT2D eigenvalue weighted by atomic mass is 16.5. The molecule has 0 spiro atoms. The molecule has 0 atom stereocenters. The minimum Gasteiger partial charge on any atom is -0.339 e. The number of aryl methyl sites for hydroxylation is 2. The summed E-state index contributed by atoms with van der Waals surface area (Å²) in [6, 6.07) is 8.25. The predicted molar refractivity (Wildman–Crippen MR) is 59.1 cm³/mol. The van der Waals surface area contributed by atoms with Crippen LogP contribution >= 0.6 is 0 Å². The van der Waals surface area contributed by atoms with E-state index in [0.29, 0.717) is 11.7 Å². The molecule has 0 N–H and O–H groups in total. The standard InChI is InChI=1S/C12H12N2O/c1-9-3-5-11(6-4-9)7-8-12-13-10(2)15-14-12/h3-8H,1-2H3/b8-7+. The highest BCUT2D eigenvalue weighted by Gasteiger charge is 1.95. The van der Waals surface area contributed by atoms with Crippen LogP contribution in [-0.2, 0) is 0 Å². The summed E-state index contributed by atoms with van der Waals surface area (Å²) >= 11 is 0. The van der Waals surface area contributed by atoms with Crippen LogP contribution in [0.5, 0.6) is 0 Å². The van der Waals surface area contributed by atoms with Gasteiger partial charge in [0.1, 0.15) is 0 Å². The van der Waals surface area contributed by atoms with Crippen molar-refractivity contribution in [1.29, 1.82) is 0 Å². The number of aromatic nitrogens is 2. The lowest BCUT2D eigenvalue weighted by atomic mass is 10.1. The highest BCUT2D eigenvalue weighted by molar-refractivity contribution is 5.66. The molecular formula is C12H12N2O. The molecule has 76 valence electrons. The van der Waals surface area contributed by atoms with Gasteiger partial charge in [0.2, 0.25) is 5.89 Å². The molecule has 2 aromatic rings. The van der Waals surface area contributed by atoms with Gasteiger partial charge >= 0.3 is 0 Å². The molecule has 15 heavy (non-hydrogen) atoms. The molecule has 1 aromatic carbocycles. The van der Waals surface area contributed by atoms with Crippen molar-refractivity contribution in [1.82, 2.24) is 10.1 Å². The molecular weight excluding hydrogens is 188 g/mol. The molecule has 0 unspecified atom stereocenters. The summed E-state index contributed by atoms with van der Waals surface area (Å²) in [5.74, 6) is 1.19. The number of rotatable bonds is 2. The smallest absolute Gasteiger partial charge is 0.223 e. The van der Waals surface area contributed by atoms with E-state index in [4.69, 9.17) is 4.52 Å². The first-order valence-corrected chi connectivity index (χ1v) is 4.79. The highest BCUT2D eigenvalue weighted by Crippen LogP contribution is 2.07. The molecule has 0 saturated heterocycles. The van der Waals surface area contributed by atoms with Crippen molar-refractivity contribution in [2.45, 2.75) is 13.8 Å². The van der Waals surface area contributed by atoms with Gasteiger partial charge < -0.3 is 4.52 Å². The molecule has 1 heterocycles. The zero-order chi connectivity index (χ0) is 10.7. The molecule has 0 aliphatic carbocycles. The van der Waals surface area contributed by atoms with Gasteiger partial charge in [0.25, 0.3) is 0 Å². The van der Waals surface area contributed by atoms with E-state index in [1.165, 1.54) is 5.56 Å². The van der Waals surface area contributed by atoms with Crippen LogP contribution < -0.4 is 0 Å². The molecule has 0 amide bonds. The van der Waals surface area contributed by atoms with Crippen LogP contribution in [0.4, 0.5) is 0 Å². The van der Waals surface area contributed by atoms with Crippen molar-refractivity contribution in [3.05, 3.63) is 47.1 Å². The second kappa shape index (κ2) is 4.09. The van der Waals surface area contributed by atoms with Crippen molar-refractivity contribution >= 4 is 12.2 Å². The molecule has 3 nitrogen and oxygen atoms in total. The van der Waals surface area contributed by atoms with E-state index in [1.807, 2.05) is 12.2 Å². The van der Waals surface area contributed by atoms with Crippen LogP contribution in [0.3, 0.4) is 0 Å². The normalized spacial score (nSPS) is 11.1. The number of benzene rings is 1. The summed E-state index contributed by atoms with van der Waals surface area (Å²) in [6.07, 6.45) is 3.80. The van der Waals surface area contributed by atoms with Gasteiger partial charge in [-0.05, 0) is 18.6 Å². The Bertz CT molecular complexity index is 469. The zero-order valence-corrected chi connectivity index (χ0v) is 8.77. The number of hydrogen-bond donors (Lipinski definition) is 0. The summed E-state index contributed by atoms with van der Waals surface area (Å²) in [7, 11) is 0. The first-order chi connectivity index (χ1) is 7.24. The maximum absolute atomic E-state index is 4.86. The van der Waals surface area contributed by atoms with Gasteiger partial charge in [-0.3, -0.25) is 0 Å². The summed E-state index contributed by atoms with van der Waals surface area (Å²) in [5, 5.41) is 3.78. The van der Waals surface area contributed by atoms with Crippen LogP contribution in [0.1, 0.15) is 22.8 Å². The van der Waals surface area contributed by atoms with Gasteiger partial charge in [-0.2, -0.15) is 4.98 Å². The third-order valence-electron chi connectivity index (χ3n) is 2.05. The van der Waals surface area contributed by atoms with Crippen LogP contribution in [0.25, 0.3) is 12.2 Å². The third-order valence-corrected chi connectivity index (χ3v) is 2.05. The van der Waals surface area contributed by atoms with Gasteiger partial charge in [0.05, 0.1) is 0 Å². The molecule has 0 fully saturated rings. The summed E-state index contributed by atoms with van der Waals surface area (Å²) in [6.45, 7) is 3.84. The zero-order valence-electron chi connectivity index (χ0n) is 8.77. The minimum absolute atomic E-state index is 0.582. The lowest BCUT2D eigenvalue weighted by molar-refractivity contribution is 0.391. The van der Waals surface area contributed by atoms with Crippen LogP contribution in [0.2, 0.25) is 0 Å². The van der Waals surface area contributed by atoms with Crippen molar-refractivity contribution < 1.29 is 4.52 Å². The SMILES string of the molecule is Cc1ccc(/C=C/c2noc(C)n2)cc1. The van der Waals surface area contributed by atoms with Crippen LogP contribution in [-0.4, -0.2) is 10.1 Å². The van der Waals surface area contributed by atoms with E-state index in [2.05, 4.69) is 41.3 Å². The molecule has 0 radical (unpaired) electrons. The molecule has 0 aliphatic heterocycles. The number of nitrogens with zero attached hydrogens (tertiary/aromatic N) is 2. The van der Waals surface area contributed by atoms with Crippen molar-refractivity contribution in [2.75, 3.05) is 0 Å². The second-order valence-electron chi connectivity index (χ2n) is 3.42. The Labute approximate surface area is 88.4 Å². The fourth-order valence-corrected chi connectivity index (χ4v) is 1.23. The van der Waals surface area contributed by atoms with E-state index < -0.39 is 0 Å². The minimum atomic E-state index is 0.582. The molecule has 0 aliphatic rings. The van der Waals surface area contributed by atoms with Crippen molar-refractivity contribution in [3.8, 4) is 0 Å². The third kappa shape index (κ3) is 2.53. The van der Waals surface area contributed by atoms with Crippen LogP contribution in [0, 0.1) is 13.8 Å². The summed E-state index contributed by atoms with van der Waals surface area (Å²) in [4.78, 5) is 4.08. The second-order valence-corrected chi connectivity index (χ2v) is 3.42. The van der Waals surface area contributed by atoms with E-state index in [-0.39, 0.29) is 0 Å². The first kappa shape index (κ1) is 9.65. The predicted octanol–water partition coefficient (Wildman–Crippen LogP) is 2.86. The Hall–Kier alpha value is -1.90. The topological polar surface area (TPSA) is 38.9 Å². The Morgan fingerprint density at radius 3 is 2.40 bits per heavy atom. The average Bonchev–Trinajstić information content (AvgIpc) is 2.64. The fourth-order valence-electron chi connectivity index (χ4n) is 1.23. The monoisotopic (exact) mass is 200 g/mol.